The van der Waals surface area contributed by atoms with Crippen molar-refractivity contribution in [2.75, 3.05) is 5.32 Å². The van der Waals surface area contributed by atoms with Crippen LogP contribution in [0.25, 0.3) is 17.1 Å². The largest absolute Gasteiger partial charge is 0.478 e. The van der Waals surface area contributed by atoms with E-state index < -0.39 is 5.97 Å². The Morgan fingerprint density at radius 2 is 1.93 bits per heavy atom. The smallest absolute Gasteiger partial charge is 0.337 e. The molecule has 0 aliphatic carbocycles. The molecular weight excluding hydrogens is 400 g/mol. The minimum atomic E-state index is -1.02. The van der Waals surface area contributed by atoms with E-state index in [1.165, 1.54) is 5.56 Å². The Kier molecular flexibility index (Phi) is 5.50. The molecule has 7 heteroatoms. The highest BCUT2D eigenvalue weighted by Gasteiger charge is 2.17. The average molecular weight is 419 g/mol. The molecule has 2 aromatic heterocycles. The lowest BCUT2D eigenvalue weighted by atomic mass is 10.1. The number of carboxylic acid groups (broad SMARTS) is 1. The highest BCUT2D eigenvalue weighted by Crippen LogP contribution is 2.30. The van der Waals surface area contributed by atoms with Gasteiger partial charge >= 0.3 is 5.97 Å². The Morgan fingerprint density at radius 1 is 1.10 bits per heavy atom. The number of para-hydroxylation sites is 1. The minimum absolute atomic E-state index is 0.159. The molecule has 4 aromatic rings. The summed E-state index contributed by atoms with van der Waals surface area (Å²) in [7, 11) is 0. The Hall–Kier alpha value is -3.64. The second-order valence-electron chi connectivity index (χ2n) is 6.67. The van der Waals surface area contributed by atoms with Gasteiger partial charge in [-0.15, -0.1) is 0 Å². The Bertz CT molecular complexity index is 1220. The molecule has 0 aliphatic rings. The van der Waals surface area contributed by atoms with Crippen LogP contribution in [0, 0.1) is 0 Å². The van der Waals surface area contributed by atoms with Crippen LogP contribution in [-0.4, -0.2) is 25.8 Å². The van der Waals surface area contributed by atoms with E-state index in [1.807, 2.05) is 18.2 Å². The molecule has 150 valence electrons. The van der Waals surface area contributed by atoms with Gasteiger partial charge in [-0.1, -0.05) is 48.9 Å². The van der Waals surface area contributed by atoms with Crippen LogP contribution < -0.4 is 5.32 Å². The van der Waals surface area contributed by atoms with E-state index in [9.17, 15) is 9.90 Å². The number of nitrogens with one attached hydrogen (secondary N) is 1. The lowest BCUT2D eigenvalue weighted by Crippen LogP contribution is -2.07. The Labute approximate surface area is 178 Å². The predicted octanol–water partition coefficient (Wildman–Crippen LogP) is 5.59. The number of hydrogen-bond donors (Lipinski definition) is 2. The first-order valence-electron chi connectivity index (χ1n) is 9.46. The van der Waals surface area contributed by atoms with Gasteiger partial charge in [0.1, 0.15) is 5.82 Å². The number of aryl methyl sites for hydroxylation is 1. The number of benzene rings is 2. The number of aromatic carboxylic acids is 1. The summed E-state index contributed by atoms with van der Waals surface area (Å²) in [4.78, 5) is 16.0. The number of rotatable bonds is 6. The Morgan fingerprint density at radius 3 is 2.70 bits per heavy atom. The quantitative estimate of drug-likeness (QED) is 0.426. The van der Waals surface area contributed by atoms with Gasteiger partial charge in [-0.05, 0) is 42.3 Å². The maximum atomic E-state index is 11.6. The molecule has 0 unspecified atom stereocenters. The van der Waals surface area contributed by atoms with E-state index in [0.29, 0.717) is 22.3 Å². The fourth-order valence-corrected chi connectivity index (χ4v) is 3.37. The number of hydrogen-bond acceptors (Lipinski definition) is 4. The topological polar surface area (TPSA) is 80.0 Å². The summed E-state index contributed by atoms with van der Waals surface area (Å²) in [5.41, 5.74) is 3.49. The molecule has 4 rings (SSSR count). The second kappa shape index (κ2) is 8.39. The van der Waals surface area contributed by atoms with Gasteiger partial charge in [0, 0.05) is 17.8 Å². The van der Waals surface area contributed by atoms with Crippen LogP contribution >= 0.6 is 11.6 Å². The maximum absolute atomic E-state index is 11.6. The van der Waals surface area contributed by atoms with Crippen LogP contribution in [0.3, 0.4) is 0 Å². The number of halogens is 1. The number of carbonyl (C=O) groups is 1. The van der Waals surface area contributed by atoms with E-state index in [0.717, 1.165) is 17.7 Å². The van der Waals surface area contributed by atoms with Gasteiger partial charge in [-0.3, -0.25) is 0 Å². The van der Waals surface area contributed by atoms with E-state index in [1.54, 1.807) is 47.3 Å². The highest BCUT2D eigenvalue weighted by molar-refractivity contribution is 6.32. The third kappa shape index (κ3) is 3.90. The summed E-state index contributed by atoms with van der Waals surface area (Å²) < 4.78 is 1.59. The number of carboxylic acids is 1. The third-order valence-electron chi connectivity index (χ3n) is 4.70. The van der Waals surface area contributed by atoms with Gasteiger partial charge in [0.15, 0.2) is 5.82 Å². The SMILES string of the molecule is CCc1cccc(-c2cc(Nc3ccccc3C(=O)O)n(-c3ncccc3Cl)n2)c1. The number of anilines is 2. The summed E-state index contributed by atoms with van der Waals surface area (Å²) in [6.07, 6.45) is 2.55. The maximum Gasteiger partial charge on any atom is 0.337 e. The molecule has 2 heterocycles. The summed E-state index contributed by atoms with van der Waals surface area (Å²) in [6, 6.07) is 20.2. The van der Waals surface area contributed by atoms with Gasteiger partial charge in [0.05, 0.1) is 22.0 Å². The number of pyridine rings is 1. The molecule has 2 aromatic carbocycles. The minimum Gasteiger partial charge on any atom is -0.478 e. The number of nitrogens with zero attached hydrogens (tertiary/aromatic N) is 3. The van der Waals surface area contributed by atoms with Gasteiger partial charge in [-0.2, -0.15) is 9.78 Å². The average Bonchev–Trinajstić information content (AvgIpc) is 3.18. The normalized spacial score (nSPS) is 10.7. The fourth-order valence-electron chi connectivity index (χ4n) is 3.17. The van der Waals surface area contributed by atoms with Crippen molar-refractivity contribution in [1.82, 2.24) is 14.8 Å². The molecule has 0 fully saturated rings. The van der Waals surface area contributed by atoms with Crippen LogP contribution in [0.5, 0.6) is 0 Å². The second-order valence-corrected chi connectivity index (χ2v) is 7.07. The van der Waals surface area contributed by atoms with E-state index in [4.69, 9.17) is 16.7 Å². The molecule has 0 saturated heterocycles. The first-order chi connectivity index (χ1) is 14.6. The Balaban J connectivity index is 1.85. The van der Waals surface area contributed by atoms with Crippen molar-refractivity contribution in [2.45, 2.75) is 13.3 Å². The van der Waals surface area contributed by atoms with E-state index in [2.05, 4.69) is 29.4 Å². The molecule has 2 N–H and O–H groups in total. The lowest BCUT2D eigenvalue weighted by Gasteiger charge is -2.11. The van der Waals surface area contributed by atoms with Crippen molar-refractivity contribution in [3.05, 3.63) is 89.1 Å². The molecular formula is C23H19ClN4O2. The van der Waals surface area contributed by atoms with Crippen LogP contribution in [0.1, 0.15) is 22.8 Å². The van der Waals surface area contributed by atoms with Gasteiger partial charge in [0.2, 0.25) is 0 Å². The highest BCUT2D eigenvalue weighted by atomic mass is 35.5. The molecule has 0 amide bonds. The van der Waals surface area contributed by atoms with Crippen LogP contribution in [-0.2, 0) is 6.42 Å². The first-order valence-corrected chi connectivity index (χ1v) is 9.84. The molecule has 30 heavy (non-hydrogen) atoms. The van der Waals surface area contributed by atoms with Crippen molar-refractivity contribution in [3.8, 4) is 17.1 Å². The molecule has 6 nitrogen and oxygen atoms in total. The first kappa shape index (κ1) is 19.7. The summed E-state index contributed by atoms with van der Waals surface area (Å²) >= 11 is 6.37. The number of aromatic nitrogens is 3. The van der Waals surface area contributed by atoms with Crippen LogP contribution in [0.15, 0.2) is 72.9 Å². The van der Waals surface area contributed by atoms with Gasteiger partial charge in [-0.25, -0.2) is 9.78 Å². The summed E-state index contributed by atoms with van der Waals surface area (Å²) in [5.74, 6) is -0.00975. The monoisotopic (exact) mass is 418 g/mol. The van der Waals surface area contributed by atoms with E-state index >= 15 is 0 Å². The zero-order valence-electron chi connectivity index (χ0n) is 16.2. The zero-order chi connectivity index (χ0) is 21.1. The van der Waals surface area contributed by atoms with Crippen molar-refractivity contribution in [3.63, 3.8) is 0 Å². The van der Waals surface area contributed by atoms with Crippen molar-refractivity contribution < 1.29 is 9.90 Å². The van der Waals surface area contributed by atoms with Gasteiger partial charge in [0.25, 0.3) is 0 Å². The molecule has 0 aliphatic heterocycles. The van der Waals surface area contributed by atoms with Gasteiger partial charge < -0.3 is 10.4 Å². The molecule has 0 atom stereocenters. The van der Waals surface area contributed by atoms with E-state index in [-0.39, 0.29) is 5.56 Å². The molecule has 0 radical (unpaired) electrons. The molecule has 0 bridgehead atoms. The lowest BCUT2D eigenvalue weighted by molar-refractivity contribution is 0.0698. The van der Waals surface area contributed by atoms with Crippen molar-refractivity contribution in [1.29, 1.82) is 0 Å². The van der Waals surface area contributed by atoms with Crippen molar-refractivity contribution >= 4 is 29.1 Å². The summed E-state index contributed by atoms with van der Waals surface area (Å²) in [6.45, 7) is 2.10. The van der Waals surface area contributed by atoms with Crippen molar-refractivity contribution in [2.24, 2.45) is 0 Å². The zero-order valence-corrected chi connectivity index (χ0v) is 17.0. The fraction of sp³-hybridized carbons (Fsp3) is 0.0870. The molecule has 0 saturated carbocycles. The van der Waals surface area contributed by atoms with Crippen LogP contribution in [0.2, 0.25) is 5.02 Å². The molecule has 0 spiro atoms. The predicted molar refractivity (Wildman–Crippen MR) is 118 cm³/mol. The standard InChI is InChI=1S/C23H19ClN4O2/c1-2-15-7-5-8-16(13-15)20-14-21(26-19-11-4-3-9-17(19)23(29)30)28(27-20)22-18(24)10-6-12-25-22/h3-14,26H,2H2,1H3,(H,29,30). The third-order valence-corrected chi connectivity index (χ3v) is 5.00. The summed E-state index contributed by atoms with van der Waals surface area (Å²) in [5, 5.41) is 17.9. The van der Waals surface area contributed by atoms with Crippen LogP contribution in [0.4, 0.5) is 11.5 Å².